The average molecular weight is 190 g/mol. The van der Waals surface area contributed by atoms with Gasteiger partial charge < -0.3 is 8.85 Å². The van der Waals surface area contributed by atoms with E-state index in [1.807, 2.05) is 0 Å². The van der Waals surface area contributed by atoms with Gasteiger partial charge in [0.05, 0.1) is 0 Å². The molecule has 1 atom stereocenters. The number of rotatable bonds is 6. The Balaban J connectivity index is 4.09. The standard InChI is InChI=1S/C9H22O2Si/c1-6-9(4)11-12(7-2,8-3)10-5/h9H,6-8H2,1-5H3. The first-order valence-corrected chi connectivity index (χ1v) is 7.10. The highest BCUT2D eigenvalue weighted by atomic mass is 28.4. The van der Waals surface area contributed by atoms with E-state index in [1.54, 1.807) is 7.11 Å². The molecule has 0 bridgehead atoms. The van der Waals surface area contributed by atoms with Crippen molar-refractivity contribution in [2.45, 2.75) is 52.3 Å². The van der Waals surface area contributed by atoms with Crippen LogP contribution in [0.25, 0.3) is 0 Å². The lowest BCUT2D eigenvalue weighted by atomic mass is 10.3. The predicted octanol–water partition coefficient (Wildman–Crippen LogP) is 2.93. The molecule has 1 unspecified atom stereocenters. The fraction of sp³-hybridized carbons (Fsp3) is 1.00. The SMILES string of the molecule is CCC(C)O[Si](CC)(CC)OC. The van der Waals surface area contributed by atoms with Crippen molar-refractivity contribution < 1.29 is 8.85 Å². The smallest absolute Gasteiger partial charge is 0.337 e. The maximum absolute atomic E-state index is 5.95. The van der Waals surface area contributed by atoms with Gasteiger partial charge in [-0.25, -0.2) is 0 Å². The Morgan fingerprint density at radius 1 is 1.17 bits per heavy atom. The van der Waals surface area contributed by atoms with Crippen LogP contribution in [-0.4, -0.2) is 21.8 Å². The molecule has 0 fully saturated rings. The molecule has 2 nitrogen and oxygen atoms in total. The van der Waals surface area contributed by atoms with Crippen molar-refractivity contribution >= 4 is 8.56 Å². The minimum absolute atomic E-state index is 0.344. The van der Waals surface area contributed by atoms with E-state index in [2.05, 4.69) is 27.7 Å². The third-order valence-electron chi connectivity index (χ3n) is 2.44. The maximum atomic E-state index is 5.95. The van der Waals surface area contributed by atoms with Crippen LogP contribution in [0.1, 0.15) is 34.1 Å². The molecule has 3 heteroatoms. The molecule has 0 saturated carbocycles. The Hall–Kier alpha value is 0.137. The van der Waals surface area contributed by atoms with Crippen LogP contribution in [-0.2, 0) is 8.85 Å². The van der Waals surface area contributed by atoms with Crippen LogP contribution in [0.4, 0.5) is 0 Å². The molecule has 12 heavy (non-hydrogen) atoms. The van der Waals surface area contributed by atoms with Crippen molar-refractivity contribution in [3.8, 4) is 0 Å². The summed E-state index contributed by atoms with van der Waals surface area (Å²) in [5, 5.41) is 0. The summed E-state index contributed by atoms with van der Waals surface area (Å²) >= 11 is 0. The van der Waals surface area contributed by atoms with E-state index < -0.39 is 8.56 Å². The lowest BCUT2D eigenvalue weighted by Gasteiger charge is -2.29. The Kier molecular flexibility index (Phi) is 5.79. The molecule has 0 radical (unpaired) electrons. The van der Waals surface area contributed by atoms with Gasteiger partial charge in [-0.15, -0.1) is 0 Å². The van der Waals surface area contributed by atoms with Crippen molar-refractivity contribution in [1.82, 2.24) is 0 Å². The zero-order valence-corrected chi connectivity index (χ0v) is 10.0. The Morgan fingerprint density at radius 2 is 1.67 bits per heavy atom. The molecule has 0 aliphatic rings. The molecular formula is C9H22O2Si. The van der Waals surface area contributed by atoms with E-state index in [-0.39, 0.29) is 0 Å². The lowest BCUT2D eigenvalue weighted by Crippen LogP contribution is -2.42. The van der Waals surface area contributed by atoms with Crippen molar-refractivity contribution in [3.05, 3.63) is 0 Å². The lowest BCUT2D eigenvalue weighted by molar-refractivity contribution is 0.139. The molecule has 0 heterocycles. The van der Waals surface area contributed by atoms with Gasteiger partial charge in [-0.3, -0.25) is 0 Å². The van der Waals surface area contributed by atoms with Gasteiger partial charge in [-0.05, 0) is 25.4 Å². The van der Waals surface area contributed by atoms with Crippen LogP contribution in [0.5, 0.6) is 0 Å². The zero-order chi connectivity index (χ0) is 9.61. The van der Waals surface area contributed by atoms with E-state index in [0.29, 0.717) is 6.10 Å². The summed E-state index contributed by atoms with van der Waals surface area (Å²) in [5.74, 6) is 0. The Morgan fingerprint density at radius 3 is 1.92 bits per heavy atom. The van der Waals surface area contributed by atoms with Crippen LogP contribution >= 0.6 is 0 Å². The van der Waals surface area contributed by atoms with Gasteiger partial charge in [0.1, 0.15) is 0 Å². The zero-order valence-electron chi connectivity index (χ0n) is 9.02. The summed E-state index contributed by atoms with van der Waals surface area (Å²) in [6.45, 7) is 8.57. The number of hydrogen-bond acceptors (Lipinski definition) is 2. The predicted molar refractivity (Wildman–Crippen MR) is 54.6 cm³/mol. The Bertz CT molecular complexity index is 105. The van der Waals surface area contributed by atoms with E-state index in [9.17, 15) is 0 Å². The molecule has 0 amide bonds. The van der Waals surface area contributed by atoms with Crippen LogP contribution < -0.4 is 0 Å². The van der Waals surface area contributed by atoms with E-state index in [0.717, 1.165) is 18.5 Å². The molecule has 0 aliphatic carbocycles. The number of hydrogen-bond donors (Lipinski definition) is 0. The topological polar surface area (TPSA) is 18.5 Å². The molecule has 0 aromatic carbocycles. The minimum Gasteiger partial charge on any atom is -0.398 e. The summed E-state index contributed by atoms with van der Waals surface area (Å²) < 4.78 is 11.5. The molecular weight excluding hydrogens is 168 g/mol. The van der Waals surface area contributed by atoms with Crippen molar-refractivity contribution in [2.24, 2.45) is 0 Å². The second kappa shape index (κ2) is 5.73. The molecule has 0 aromatic rings. The molecule has 0 saturated heterocycles. The summed E-state index contributed by atoms with van der Waals surface area (Å²) in [4.78, 5) is 0. The fourth-order valence-corrected chi connectivity index (χ4v) is 3.61. The van der Waals surface area contributed by atoms with Crippen LogP contribution in [0.3, 0.4) is 0 Å². The largest absolute Gasteiger partial charge is 0.398 e. The van der Waals surface area contributed by atoms with Gasteiger partial charge in [0.25, 0.3) is 0 Å². The van der Waals surface area contributed by atoms with Crippen LogP contribution in [0, 0.1) is 0 Å². The van der Waals surface area contributed by atoms with E-state index in [1.165, 1.54) is 0 Å². The first-order chi connectivity index (χ1) is 5.64. The van der Waals surface area contributed by atoms with Crippen molar-refractivity contribution in [2.75, 3.05) is 7.11 Å². The molecule has 0 N–H and O–H groups in total. The van der Waals surface area contributed by atoms with Gasteiger partial charge in [-0.1, -0.05) is 20.8 Å². The second-order valence-corrected chi connectivity index (χ2v) is 7.04. The molecule has 0 aliphatic heterocycles. The Labute approximate surface area is 77.5 Å². The molecule has 0 aromatic heterocycles. The summed E-state index contributed by atoms with van der Waals surface area (Å²) in [7, 11) is -0.0221. The minimum atomic E-state index is -1.80. The average Bonchev–Trinajstić information content (AvgIpc) is 2.14. The van der Waals surface area contributed by atoms with Gasteiger partial charge in [0, 0.05) is 13.2 Å². The third-order valence-corrected chi connectivity index (χ3v) is 6.17. The molecule has 0 rings (SSSR count). The summed E-state index contributed by atoms with van der Waals surface area (Å²) in [5.41, 5.74) is 0. The van der Waals surface area contributed by atoms with Gasteiger partial charge in [0.2, 0.25) is 0 Å². The van der Waals surface area contributed by atoms with Gasteiger partial charge >= 0.3 is 8.56 Å². The van der Waals surface area contributed by atoms with Gasteiger partial charge in [0.15, 0.2) is 0 Å². The monoisotopic (exact) mass is 190 g/mol. The summed E-state index contributed by atoms with van der Waals surface area (Å²) in [6.07, 6.45) is 1.41. The van der Waals surface area contributed by atoms with Crippen molar-refractivity contribution in [3.63, 3.8) is 0 Å². The van der Waals surface area contributed by atoms with Crippen molar-refractivity contribution in [1.29, 1.82) is 0 Å². The van der Waals surface area contributed by atoms with E-state index >= 15 is 0 Å². The normalized spacial score (nSPS) is 14.8. The summed E-state index contributed by atoms with van der Waals surface area (Å²) in [6, 6.07) is 2.09. The van der Waals surface area contributed by atoms with Crippen LogP contribution in [0.2, 0.25) is 12.1 Å². The van der Waals surface area contributed by atoms with Gasteiger partial charge in [-0.2, -0.15) is 0 Å². The quantitative estimate of drug-likeness (QED) is 0.600. The second-order valence-electron chi connectivity index (χ2n) is 3.16. The van der Waals surface area contributed by atoms with E-state index in [4.69, 9.17) is 8.85 Å². The first-order valence-electron chi connectivity index (χ1n) is 4.87. The highest BCUT2D eigenvalue weighted by Crippen LogP contribution is 2.20. The fourth-order valence-electron chi connectivity index (χ4n) is 1.20. The molecule has 0 spiro atoms. The highest BCUT2D eigenvalue weighted by molar-refractivity contribution is 6.67. The first kappa shape index (κ1) is 12.1. The van der Waals surface area contributed by atoms with Crippen LogP contribution in [0.15, 0.2) is 0 Å². The highest BCUT2D eigenvalue weighted by Gasteiger charge is 2.33. The molecule has 74 valence electrons. The maximum Gasteiger partial charge on any atom is 0.337 e. The third kappa shape index (κ3) is 3.25.